The molecule has 0 aliphatic rings. The molecule has 0 amide bonds. The van der Waals surface area contributed by atoms with E-state index < -0.39 is 0 Å². The van der Waals surface area contributed by atoms with Gasteiger partial charge in [-0.05, 0) is 19.9 Å². The lowest BCUT2D eigenvalue weighted by atomic mass is 10.4. The van der Waals surface area contributed by atoms with E-state index in [1.54, 1.807) is 12.3 Å². The van der Waals surface area contributed by atoms with E-state index in [1.165, 1.54) is 6.92 Å². The van der Waals surface area contributed by atoms with Crippen molar-refractivity contribution in [3.8, 4) is 5.88 Å². The molecule has 0 fully saturated rings. The molecule has 0 N–H and O–H groups in total. The lowest BCUT2D eigenvalue weighted by Crippen LogP contribution is -2.08. The fourth-order valence-corrected chi connectivity index (χ4v) is 1.24. The van der Waals surface area contributed by atoms with Gasteiger partial charge in [0.1, 0.15) is 5.02 Å². The van der Waals surface area contributed by atoms with Crippen LogP contribution < -0.4 is 4.74 Å². The van der Waals surface area contributed by atoms with Crippen LogP contribution in [0.25, 0.3) is 0 Å². The molecule has 1 heterocycles. The molecular weight excluding hydrogens is 190 g/mol. The summed E-state index contributed by atoms with van der Waals surface area (Å²) in [6, 6.07) is 1.93. The van der Waals surface area contributed by atoms with Crippen LogP contribution in [0.15, 0.2) is 12.3 Å². The van der Waals surface area contributed by atoms with Crippen LogP contribution in [-0.4, -0.2) is 10.5 Å². The maximum atomic E-state index is 10.7. The van der Waals surface area contributed by atoms with Crippen molar-refractivity contribution in [3.63, 3.8) is 0 Å². The van der Waals surface area contributed by atoms with Gasteiger partial charge in [0.15, 0.2) is 0 Å². The maximum absolute atomic E-state index is 10.7. The van der Waals surface area contributed by atoms with Crippen molar-refractivity contribution in [1.29, 1.82) is 0 Å². The molecule has 0 aromatic carbocycles. The summed E-state index contributed by atoms with van der Waals surface area (Å²) in [4.78, 5) is 10.7. The largest absolute Gasteiger partial charge is 0.408 e. The number of hydrogen-bond donors (Lipinski definition) is 0. The van der Waals surface area contributed by atoms with Crippen LogP contribution in [0.3, 0.4) is 0 Å². The Labute approximate surface area is 82.3 Å². The highest BCUT2D eigenvalue weighted by atomic mass is 35.5. The number of aromatic nitrogens is 1. The Morgan fingerprint density at radius 1 is 1.62 bits per heavy atom. The summed E-state index contributed by atoms with van der Waals surface area (Å²) in [7, 11) is 0. The molecule has 1 aromatic rings. The molecule has 3 nitrogen and oxygen atoms in total. The standard InChI is InChI=1S/C9H12ClNO2/c1-6(2)11-5-4-8(10)9(11)13-7(3)12/h4-6H,1-3H3. The minimum Gasteiger partial charge on any atom is -0.408 e. The van der Waals surface area contributed by atoms with Gasteiger partial charge in [-0.25, -0.2) is 0 Å². The third kappa shape index (κ3) is 2.25. The Balaban J connectivity index is 3.01. The molecular formula is C9H12ClNO2. The Morgan fingerprint density at radius 2 is 2.23 bits per heavy atom. The Hall–Kier alpha value is -0.960. The van der Waals surface area contributed by atoms with Crippen LogP contribution in [-0.2, 0) is 4.79 Å². The molecule has 1 aromatic heterocycles. The highest BCUT2D eigenvalue weighted by Gasteiger charge is 2.12. The lowest BCUT2D eigenvalue weighted by Gasteiger charge is -2.11. The summed E-state index contributed by atoms with van der Waals surface area (Å²) in [6.45, 7) is 5.33. The first-order valence-corrected chi connectivity index (χ1v) is 4.45. The zero-order valence-electron chi connectivity index (χ0n) is 7.87. The molecule has 0 saturated heterocycles. The summed E-state index contributed by atoms with van der Waals surface area (Å²) >= 11 is 5.84. The second kappa shape index (κ2) is 3.83. The molecule has 0 spiro atoms. The quantitative estimate of drug-likeness (QED) is 0.689. The summed E-state index contributed by atoms with van der Waals surface area (Å²) < 4.78 is 6.78. The van der Waals surface area contributed by atoms with Gasteiger partial charge in [-0.2, -0.15) is 0 Å². The first-order chi connectivity index (χ1) is 6.02. The monoisotopic (exact) mass is 201 g/mol. The molecule has 0 unspecified atom stereocenters. The van der Waals surface area contributed by atoms with Crippen LogP contribution in [0.2, 0.25) is 5.02 Å². The van der Waals surface area contributed by atoms with Gasteiger partial charge in [0.25, 0.3) is 0 Å². The van der Waals surface area contributed by atoms with Crippen LogP contribution in [0.4, 0.5) is 0 Å². The third-order valence-corrected chi connectivity index (χ3v) is 1.90. The first kappa shape index (κ1) is 10.1. The molecule has 0 bridgehead atoms. The van der Waals surface area contributed by atoms with Gasteiger partial charge >= 0.3 is 5.97 Å². The maximum Gasteiger partial charge on any atom is 0.309 e. The van der Waals surface area contributed by atoms with E-state index in [0.717, 1.165) is 0 Å². The van der Waals surface area contributed by atoms with E-state index in [4.69, 9.17) is 16.3 Å². The van der Waals surface area contributed by atoms with Crippen LogP contribution in [0.1, 0.15) is 26.8 Å². The molecule has 1 rings (SSSR count). The average molecular weight is 202 g/mol. The van der Waals surface area contributed by atoms with Crippen molar-refractivity contribution in [2.45, 2.75) is 26.8 Å². The molecule has 0 radical (unpaired) electrons. The number of esters is 1. The van der Waals surface area contributed by atoms with Crippen LogP contribution in [0, 0.1) is 0 Å². The van der Waals surface area contributed by atoms with Gasteiger partial charge in [-0.3, -0.25) is 4.79 Å². The molecule has 13 heavy (non-hydrogen) atoms. The third-order valence-electron chi connectivity index (χ3n) is 1.62. The average Bonchev–Trinajstić information content (AvgIpc) is 2.32. The van der Waals surface area contributed by atoms with E-state index in [0.29, 0.717) is 10.9 Å². The minimum atomic E-state index is -0.359. The van der Waals surface area contributed by atoms with Crippen molar-refractivity contribution < 1.29 is 9.53 Å². The lowest BCUT2D eigenvalue weighted by molar-refractivity contribution is -0.132. The second-order valence-electron chi connectivity index (χ2n) is 3.06. The highest BCUT2D eigenvalue weighted by molar-refractivity contribution is 6.32. The molecule has 72 valence electrons. The predicted octanol–water partition coefficient (Wildman–Crippen LogP) is 2.65. The minimum absolute atomic E-state index is 0.224. The second-order valence-corrected chi connectivity index (χ2v) is 3.47. The molecule has 0 saturated carbocycles. The number of carbonyl (C=O) groups excluding carboxylic acids is 1. The summed E-state index contributed by atoms with van der Waals surface area (Å²) in [6.07, 6.45) is 1.80. The number of carbonyl (C=O) groups is 1. The molecule has 0 atom stereocenters. The van der Waals surface area contributed by atoms with Gasteiger partial charge in [-0.1, -0.05) is 11.6 Å². The zero-order chi connectivity index (χ0) is 10.0. The number of nitrogens with zero attached hydrogens (tertiary/aromatic N) is 1. The van der Waals surface area contributed by atoms with E-state index >= 15 is 0 Å². The first-order valence-electron chi connectivity index (χ1n) is 4.07. The van der Waals surface area contributed by atoms with Crippen molar-refractivity contribution in [2.75, 3.05) is 0 Å². The van der Waals surface area contributed by atoms with E-state index in [2.05, 4.69) is 0 Å². The Bertz CT molecular complexity index is 317. The highest BCUT2D eigenvalue weighted by Crippen LogP contribution is 2.28. The molecule has 4 heteroatoms. The SMILES string of the molecule is CC(=O)Oc1c(Cl)ccn1C(C)C. The summed E-state index contributed by atoms with van der Waals surface area (Å²) in [5, 5.41) is 0.462. The van der Waals surface area contributed by atoms with E-state index in [1.807, 2.05) is 18.4 Å². The Kier molecular flexibility index (Phi) is 2.98. The zero-order valence-corrected chi connectivity index (χ0v) is 8.63. The van der Waals surface area contributed by atoms with Crippen molar-refractivity contribution in [3.05, 3.63) is 17.3 Å². The van der Waals surface area contributed by atoms with E-state index in [9.17, 15) is 4.79 Å². The van der Waals surface area contributed by atoms with E-state index in [-0.39, 0.29) is 12.0 Å². The van der Waals surface area contributed by atoms with Crippen molar-refractivity contribution >= 4 is 17.6 Å². The normalized spacial score (nSPS) is 10.5. The van der Waals surface area contributed by atoms with Gasteiger partial charge in [0.05, 0.1) is 0 Å². The van der Waals surface area contributed by atoms with Gasteiger partial charge < -0.3 is 9.30 Å². The fraction of sp³-hybridized carbons (Fsp3) is 0.444. The predicted molar refractivity (Wildman–Crippen MR) is 51.1 cm³/mol. The van der Waals surface area contributed by atoms with Crippen LogP contribution in [0.5, 0.6) is 5.88 Å². The number of ether oxygens (including phenoxy) is 1. The Morgan fingerprint density at radius 3 is 2.69 bits per heavy atom. The molecule has 0 aliphatic heterocycles. The summed E-state index contributed by atoms with van der Waals surface area (Å²) in [5.74, 6) is 0.0617. The fourth-order valence-electron chi connectivity index (χ4n) is 1.05. The van der Waals surface area contributed by atoms with Crippen molar-refractivity contribution in [2.24, 2.45) is 0 Å². The van der Waals surface area contributed by atoms with Crippen molar-refractivity contribution in [1.82, 2.24) is 4.57 Å². The smallest absolute Gasteiger partial charge is 0.309 e. The van der Waals surface area contributed by atoms with Gasteiger partial charge in [0, 0.05) is 19.2 Å². The number of rotatable bonds is 2. The van der Waals surface area contributed by atoms with Gasteiger partial charge in [0.2, 0.25) is 5.88 Å². The molecule has 0 aliphatic carbocycles. The summed E-state index contributed by atoms with van der Waals surface area (Å²) in [5.41, 5.74) is 0. The number of halogens is 1. The number of hydrogen-bond acceptors (Lipinski definition) is 2. The van der Waals surface area contributed by atoms with Gasteiger partial charge in [-0.15, -0.1) is 0 Å². The topological polar surface area (TPSA) is 31.2 Å². The van der Waals surface area contributed by atoms with Crippen LogP contribution >= 0.6 is 11.6 Å².